The van der Waals surface area contributed by atoms with Gasteiger partial charge in [0.2, 0.25) is 5.95 Å². The maximum atomic E-state index is 12.9. The molecule has 20 heavy (non-hydrogen) atoms. The number of hydrogen-bond acceptors (Lipinski definition) is 4. The fraction of sp³-hybridized carbons (Fsp3) is 0.214. The van der Waals surface area contributed by atoms with Gasteiger partial charge < -0.3 is 10.6 Å². The van der Waals surface area contributed by atoms with Crippen LogP contribution in [0.5, 0.6) is 0 Å². The number of nitrogens with two attached hydrogens (primary N) is 1. The van der Waals surface area contributed by atoms with E-state index in [0.717, 1.165) is 11.3 Å². The second kappa shape index (κ2) is 4.88. The summed E-state index contributed by atoms with van der Waals surface area (Å²) in [5, 5.41) is 0. The summed E-state index contributed by atoms with van der Waals surface area (Å²) in [6, 6.07) is 5.54. The van der Waals surface area contributed by atoms with Crippen molar-refractivity contribution >= 4 is 11.9 Å². The molecule has 0 aliphatic carbocycles. The number of hydrogen-bond donors (Lipinski definition) is 1. The van der Waals surface area contributed by atoms with E-state index in [4.69, 9.17) is 5.73 Å². The molecule has 1 aromatic heterocycles. The number of anilines is 1. The van der Waals surface area contributed by atoms with E-state index in [1.807, 2.05) is 0 Å². The van der Waals surface area contributed by atoms with Crippen LogP contribution in [0.4, 0.5) is 10.3 Å². The van der Waals surface area contributed by atoms with Crippen LogP contribution in [0, 0.1) is 5.82 Å². The van der Waals surface area contributed by atoms with Crippen molar-refractivity contribution in [3.05, 3.63) is 53.1 Å². The third-order valence-electron chi connectivity index (χ3n) is 3.34. The monoisotopic (exact) mass is 272 g/mol. The summed E-state index contributed by atoms with van der Waals surface area (Å²) in [7, 11) is 0. The number of benzene rings is 1. The van der Waals surface area contributed by atoms with Crippen LogP contribution in [0.15, 0.2) is 30.5 Å². The number of carbonyl (C=O) groups is 1. The summed E-state index contributed by atoms with van der Waals surface area (Å²) < 4.78 is 12.9. The molecular weight excluding hydrogens is 259 g/mol. The highest BCUT2D eigenvalue weighted by Crippen LogP contribution is 2.19. The smallest absolute Gasteiger partial charge is 0.254 e. The van der Waals surface area contributed by atoms with Crippen molar-refractivity contribution in [2.24, 2.45) is 0 Å². The number of halogens is 1. The molecule has 3 rings (SSSR count). The molecule has 2 heterocycles. The predicted molar refractivity (Wildman–Crippen MR) is 71.3 cm³/mol. The van der Waals surface area contributed by atoms with Crippen LogP contribution >= 0.6 is 0 Å². The van der Waals surface area contributed by atoms with Gasteiger partial charge in [-0.25, -0.2) is 14.4 Å². The first-order valence-corrected chi connectivity index (χ1v) is 6.28. The van der Waals surface area contributed by atoms with Crippen molar-refractivity contribution in [1.29, 1.82) is 0 Å². The number of carbonyl (C=O) groups excluding carboxylic acids is 1. The molecule has 2 N–H and O–H groups in total. The normalized spacial score (nSPS) is 13.9. The van der Waals surface area contributed by atoms with E-state index in [9.17, 15) is 9.18 Å². The van der Waals surface area contributed by atoms with Gasteiger partial charge in [0.25, 0.3) is 5.91 Å². The Bertz CT molecular complexity index is 657. The molecule has 1 aliphatic heterocycles. The quantitative estimate of drug-likeness (QED) is 0.851. The molecule has 0 unspecified atom stereocenters. The average molecular weight is 272 g/mol. The maximum absolute atomic E-state index is 12.9. The first-order chi connectivity index (χ1) is 9.63. The van der Waals surface area contributed by atoms with E-state index in [0.29, 0.717) is 25.1 Å². The molecule has 0 atom stereocenters. The van der Waals surface area contributed by atoms with Gasteiger partial charge in [0.15, 0.2) is 0 Å². The minimum atomic E-state index is -0.356. The summed E-state index contributed by atoms with van der Waals surface area (Å²) in [5.41, 5.74) is 7.83. The standard InChI is InChI=1S/C14H13FN4O/c15-11-3-1-9(2-4-11)13(20)19-6-5-10-7-17-14(16)18-12(10)8-19/h1-4,7H,5-6,8H2,(H2,16,17,18). The lowest BCUT2D eigenvalue weighted by Gasteiger charge is -2.28. The van der Waals surface area contributed by atoms with Crippen molar-refractivity contribution in [2.75, 3.05) is 12.3 Å². The van der Waals surface area contributed by atoms with Crippen molar-refractivity contribution in [3.8, 4) is 0 Å². The van der Waals surface area contributed by atoms with Crippen LogP contribution in [-0.4, -0.2) is 27.3 Å². The van der Waals surface area contributed by atoms with Gasteiger partial charge in [-0.1, -0.05) is 0 Å². The minimum Gasteiger partial charge on any atom is -0.368 e. The molecule has 0 saturated heterocycles. The van der Waals surface area contributed by atoms with Crippen molar-refractivity contribution in [3.63, 3.8) is 0 Å². The Labute approximate surface area is 115 Å². The van der Waals surface area contributed by atoms with Crippen LogP contribution in [0.25, 0.3) is 0 Å². The zero-order chi connectivity index (χ0) is 14.1. The highest BCUT2D eigenvalue weighted by atomic mass is 19.1. The number of rotatable bonds is 1. The lowest BCUT2D eigenvalue weighted by Crippen LogP contribution is -2.36. The summed E-state index contributed by atoms with van der Waals surface area (Å²) in [4.78, 5) is 22.1. The van der Waals surface area contributed by atoms with Gasteiger partial charge >= 0.3 is 0 Å². The van der Waals surface area contributed by atoms with Gasteiger partial charge in [0.1, 0.15) is 5.82 Å². The summed E-state index contributed by atoms with van der Waals surface area (Å²) in [5.74, 6) is -0.279. The maximum Gasteiger partial charge on any atom is 0.254 e. The Morgan fingerprint density at radius 3 is 2.80 bits per heavy atom. The second-order valence-electron chi connectivity index (χ2n) is 4.68. The SMILES string of the molecule is Nc1ncc2c(n1)CN(C(=O)c1ccc(F)cc1)CC2. The zero-order valence-corrected chi connectivity index (χ0v) is 10.7. The predicted octanol–water partition coefficient (Wildman–Crippen LogP) is 1.40. The molecule has 1 aromatic carbocycles. The third kappa shape index (κ3) is 2.32. The Balaban J connectivity index is 1.82. The van der Waals surface area contributed by atoms with Crippen LogP contribution in [0.2, 0.25) is 0 Å². The first kappa shape index (κ1) is 12.5. The molecule has 2 aromatic rings. The second-order valence-corrected chi connectivity index (χ2v) is 4.68. The molecule has 0 bridgehead atoms. The number of nitrogen functional groups attached to an aromatic ring is 1. The number of amides is 1. The fourth-order valence-corrected chi connectivity index (χ4v) is 2.27. The average Bonchev–Trinajstić information content (AvgIpc) is 2.46. The molecule has 102 valence electrons. The highest BCUT2D eigenvalue weighted by Gasteiger charge is 2.23. The van der Waals surface area contributed by atoms with Gasteiger partial charge in [-0.2, -0.15) is 0 Å². The van der Waals surface area contributed by atoms with Gasteiger partial charge in [-0.3, -0.25) is 4.79 Å². The van der Waals surface area contributed by atoms with E-state index in [-0.39, 0.29) is 17.7 Å². The van der Waals surface area contributed by atoms with Gasteiger partial charge in [-0.15, -0.1) is 0 Å². The van der Waals surface area contributed by atoms with Crippen molar-refractivity contribution in [1.82, 2.24) is 14.9 Å². The lowest BCUT2D eigenvalue weighted by molar-refractivity contribution is 0.0731. The van der Waals surface area contributed by atoms with E-state index >= 15 is 0 Å². The largest absolute Gasteiger partial charge is 0.368 e. The molecule has 0 radical (unpaired) electrons. The molecule has 0 spiro atoms. The minimum absolute atomic E-state index is 0.132. The Morgan fingerprint density at radius 1 is 1.30 bits per heavy atom. The number of aromatic nitrogens is 2. The summed E-state index contributed by atoms with van der Waals surface area (Å²) >= 11 is 0. The zero-order valence-electron chi connectivity index (χ0n) is 10.7. The highest BCUT2D eigenvalue weighted by molar-refractivity contribution is 5.94. The van der Waals surface area contributed by atoms with Gasteiger partial charge in [-0.05, 0) is 36.2 Å². The van der Waals surface area contributed by atoms with Crippen LogP contribution in [-0.2, 0) is 13.0 Å². The van der Waals surface area contributed by atoms with Gasteiger partial charge in [0, 0.05) is 18.3 Å². The van der Waals surface area contributed by atoms with Gasteiger partial charge in [0.05, 0.1) is 12.2 Å². The molecule has 1 amide bonds. The van der Waals surface area contributed by atoms with Crippen molar-refractivity contribution < 1.29 is 9.18 Å². The topological polar surface area (TPSA) is 72.1 Å². The summed E-state index contributed by atoms with van der Waals surface area (Å²) in [6.45, 7) is 0.995. The molecule has 0 saturated carbocycles. The fourth-order valence-electron chi connectivity index (χ4n) is 2.27. The van der Waals surface area contributed by atoms with Crippen LogP contribution in [0.1, 0.15) is 21.6 Å². The van der Waals surface area contributed by atoms with Crippen LogP contribution in [0.3, 0.4) is 0 Å². The van der Waals surface area contributed by atoms with E-state index in [2.05, 4.69) is 9.97 Å². The van der Waals surface area contributed by atoms with E-state index < -0.39 is 0 Å². The molecule has 5 nitrogen and oxygen atoms in total. The first-order valence-electron chi connectivity index (χ1n) is 6.28. The third-order valence-corrected chi connectivity index (χ3v) is 3.34. The molecule has 6 heteroatoms. The lowest BCUT2D eigenvalue weighted by atomic mass is 10.1. The molecule has 1 aliphatic rings. The Kier molecular flexibility index (Phi) is 3.06. The number of nitrogens with zero attached hydrogens (tertiary/aromatic N) is 3. The molecule has 0 fully saturated rings. The van der Waals surface area contributed by atoms with Crippen molar-refractivity contribution in [2.45, 2.75) is 13.0 Å². The van der Waals surface area contributed by atoms with Crippen LogP contribution < -0.4 is 5.73 Å². The Hall–Kier alpha value is -2.50. The van der Waals surface area contributed by atoms with E-state index in [1.54, 1.807) is 11.1 Å². The Morgan fingerprint density at radius 2 is 2.05 bits per heavy atom. The van der Waals surface area contributed by atoms with E-state index in [1.165, 1.54) is 24.3 Å². The number of fused-ring (bicyclic) bond motifs is 1. The summed E-state index contributed by atoms with van der Waals surface area (Å²) in [6.07, 6.45) is 2.40. The molecular formula is C14H13FN4O.